The molecule has 4 nitrogen and oxygen atoms in total. The molecule has 1 aromatic rings. The van der Waals surface area contributed by atoms with Crippen LogP contribution in [-0.4, -0.2) is 23.5 Å². The summed E-state index contributed by atoms with van der Waals surface area (Å²) in [5.41, 5.74) is 2.97. The Kier molecular flexibility index (Phi) is 2.88. The third-order valence-corrected chi connectivity index (χ3v) is 3.34. The SMILES string of the molecule is Cc1cccc(N2C[C@H](C(=O)O)CC2=O)c1C. The van der Waals surface area contributed by atoms with Gasteiger partial charge in [-0.15, -0.1) is 0 Å². The highest BCUT2D eigenvalue weighted by Crippen LogP contribution is 2.29. The molecule has 1 fully saturated rings. The Morgan fingerprint density at radius 1 is 1.41 bits per heavy atom. The molecule has 1 atom stereocenters. The number of carbonyl (C=O) groups excluding carboxylic acids is 1. The topological polar surface area (TPSA) is 57.6 Å². The molecular formula is C13H15NO3. The van der Waals surface area contributed by atoms with Crippen LogP contribution < -0.4 is 4.90 Å². The van der Waals surface area contributed by atoms with Gasteiger partial charge in [0.2, 0.25) is 5.91 Å². The zero-order chi connectivity index (χ0) is 12.6. The van der Waals surface area contributed by atoms with Gasteiger partial charge < -0.3 is 10.0 Å². The van der Waals surface area contributed by atoms with E-state index < -0.39 is 11.9 Å². The highest BCUT2D eigenvalue weighted by molar-refractivity contribution is 5.99. The molecule has 0 radical (unpaired) electrons. The lowest BCUT2D eigenvalue weighted by Gasteiger charge is -2.19. The van der Waals surface area contributed by atoms with Crippen molar-refractivity contribution >= 4 is 17.6 Å². The lowest BCUT2D eigenvalue weighted by molar-refractivity contribution is -0.141. The first-order chi connectivity index (χ1) is 8.00. The second-order valence-corrected chi connectivity index (χ2v) is 4.46. The maximum Gasteiger partial charge on any atom is 0.308 e. The fraction of sp³-hybridized carbons (Fsp3) is 0.385. The number of carbonyl (C=O) groups is 2. The Hall–Kier alpha value is -1.84. The summed E-state index contributed by atoms with van der Waals surface area (Å²) in [5, 5.41) is 8.94. The summed E-state index contributed by atoms with van der Waals surface area (Å²) < 4.78 is 0. The number of anilines is 1. The predicted octanol–water partition coefficient (Wildman–Crippen LogP) is 1.74. The Labute approximate surface area is 99.9 Å². The van der Waals surface area contributed by atoms with Crippen molar-refractivity contribution in [2.75, 3.05) is 11.4 Å². The smallest absolute Gasteiger partial charge is 0.308 e. The number of hydrogen-bond acceptors (Lipinski definition) is 2. The van der Waals surface area contributed by atoms with Gasteiger partial charge in [0.15, 0.2) is 0 Å². The van der Waals surface area contributed by atoms with Gasteiger partial charge in [0, 0.05) is 18.7 Å². The summed E-state index contributed by atoms with van der Waals surface area (Å²) in [4.78, 5) is 24.3. The van der Waals surface area contributed by atoms with Crippen LogP contribution in [0.3, 0.4) is 0 Å². The number of carboxylic acids is 1. The Morgan fingerprint density at radius 2 is 2.12 bits per heavy atom. The normalized spacial score (nSPS) is 19.8. The van der Waals surface area contributed by atoms with Gasteiger partial charge in [-0.05, 0) is 31.0 Å². The van der Waals surface area contributed by atoms with Crippen molar-refractivity contribution in [1.29, 1.82) is 0 Å². The van der Waals surface area contributed by atoms with Crippen molar-refractivity contribution in [2.45, 2.75) is 20.3 Å². The third kappa shape index (κ3) is 2.02. The predicted molar refractivity (Wildman–Crippen MR) is 64.0 cm³/mol. The van der Waals surface area contributed by atoms with Crippen molar-refractivity contribution in [3.8, 4) is 0 Å². The van der Waals surface area contributed by atoms with E-state index in [1.54, 1.807) is 4.90 Å². The van der Waals surface area contributed by atoms with E-state index in [4.69, 9.17) is 5.11 Å². The molecule has 0 aromatic heterocycles. The molecule has 1 aliphatic rings. The average Bonchev–Trinajstić information content (AvgIpc) is 2.65. The largest absolute Gasteiger partial charge is 0.481 e. The summed E-state index contributed by atoms with van der Waals surface area (Å²) in [7, 11) is 0. The minimum absolute atomic E-state index is 0.0999. The molecular weight excluding hydrogens is 218 g/mol. The van der Waals surface area contributed by atoms with E-state index in [1.165, 1.54) is 0 Å². The van der Waals surface area contributed by atoms with Gasteiger partial charge >= 0.3 is 5.97 Å². The van der Waals surface area contributed by atoms with E-state index in [1.807, 2.05) is 32.0 Å². The zero-order valence-corrected chi connectivity index (χ0v) is 9.93. The first-order valence-electron chi connectivity index (χ1n) is 5.60. The number of amides is 1. The van der Waals surface area contributed by atoms with Crippen LogP contribution in [0.25, 0.3) is 0 Å². The van der Waals surface area contributed by atoms with Crippen LogP contribution in [-0.2, 0) is 9.59 Å². The number of aryl methyl sites for hydroxylation is 1. The van der Waals surface area contributed by atoms with Gasteiger partial charge in [0.1, 0.15) is 0 Å². The molecule has 0 unspecified atom stereocenters. The van der Waals surface area contributed by atoms with Crippen LogP contribution in [0.2, 0.25) is 0 Å². The van der Waals surface area contributed by atoms with Crippen LogP contribution in [0.5, 0.6) is 0 Å². The van der Waals surface area contributed by atoms with Crippen molar-refractivity contribution in [3.63, 3.8) is 0 Å². The summed E-state index contributed by atoms with van der Waals surface area (Å²) in [6.45, 7) is 4.21. The summed E-state index contributed by atoms with van der Waals surface area (Å²) in [5.74, 6) is -1.58. The van der Waals surface area contributed by atoms with Gasteiger partial charge in [-0.1, -0.05) is 12.1 Å². The molecule has 0 aliphatic carbocycles. The lowest BCUT2D eigenvalue weighted by atomic mass is 10.1. The summed E-state index contributed by atoms with van der Waals surface area (Å²) in [6.07, 6.45) is 0.0999. The van der Waals surface area contributed by atoms with E-state index in [-0.39, 0.29) is 18.9 Å². The van der Waals surface area contributed by atoms with Crippen molar-refractivity contribution in [3.05, 3.63) is 29.3 Å². The minimum atomic E-state index is -0.897. The van der Waals surface area contributed by atoms with Crippen LogP contribution in [0.4, 0.5) is 5.69 Å². The highest BCUT2D eigenvalue weighted by Gasteiger charge is 2.35. The van der Waals surface area contributed by atoms with Crippen molar-refractivity contribution < 1.29 is 14.7 Å². The number of hydrogen-bond donors (Lipinski definition) is 1. The molecule has 1 saturated heterocycles. The van der Waals surface area contributed by atoms with E-state index in [2.05, 4.69) is 0 Å². The monoisotopic (exact) mass is 233 g/mol. The van der Waals surface area contributed by atoms with Crippen molar-refractivity contribution in [1.82, 2.24) is 0 Å². The van der Waals surface area contributed by atoms with Gasteiger partial charge in [-0.25, -0.2) is 0 Å². The molecule has 1 aromatic carbocycles. The molecule has 1 amide bonds. The summed E-state index contributed by atoms with van der Waals surface area (Å²) in [6, 6.07) is 5.73. The second-order valence-electron chi connectivity index (χ2n) is 4.46. The summed E-state index contributed by atoms with van der Waals surface area (Å²) >= 11 is 0. The molecule has 1 aliphatic heterocycles. The molecule has 1 N–H and O–H groups in total. The number of carboxylic acid groups (broad SMARTS) is 1. The number of rotatable bonds is 2. The quantitative estimate of drug-likeness (QED) is 0.846. The number of nitrogens with zero attached hydrogens (tertiary/aromatic N) is 1. The minimum Gasteiger partial charge on any atom is -0.481 e. The van der Waals surface area contributed by atoms with Gasteiger partial charge in [-0.3, -0.25) is 9.59 Å². The Bertz CT molecular complexity index is 482. The van der Waals surface area contributed by atoms with Crippen molar-refractivity contribution in [2.24, 2.45) is 5.92 Å². The maximum atomic E-state index is 11.8. The molecule has 0 saturated carbocycles. The fourth-order valence-electron chi connectivity index (χ4n) is 2.13. The number of benzene rings is 1. The van der Waals surface area contributed by atoms with E-state index >= 15 is 0 Å². The van der Waals surface area contributed by atoms with Gasteiger partial charge in [-0.2, -0.15) is 0 Å². The van der Waals surface area contributed by atoms with Crippen LogP contribution in [0.1, 0.15) is 17.5 Å². The molecule has 0 bridgehead atoms. The standard InChI is InChI=1S/C13H15NO3/c1-8-4-3-5-11(9(8)2)14-7-10(13(16)17)6-12(14)15/h3-5,10H,6-7H2,1-2H3,(H,16,17)/t10-/m1/s1. The second kappa shape index (κ2) is 4.20. The van der Waals surface area contributed by atoms with Gasteiger partial charge in [0.25, 0.3) is 0 Å². The fourth-order valence-corrected chi connectivity index (χ4v) is 2.13. The highest BCUT2D eigenvalue weighted by atomic mass is 16.4. The van der Waals surface area contributed by atoms with E-state index in [0.29, 0.717) is 0 Å². The third-order valence-electron chi connectivity index (χ3n) is 3.34. The lowest BCUT2D eigenvalue weighted by Crippen LogP contribution is -2.26. The first kappa shape index (κ1) is 11.6. The molecule has 2 rings (SSSR count). The molecule has 0 spiro atoms. The Morgan fingerprint density at radius 3 is 2.71 bits per heavy atom. The van der Waals surface area contributed by atoms with E-state index in [0.717, 1.165) is 16.8 Å². The molecule has 4 heteroatoms. The van der Waals surface area contributed by atoms with Crippen LogP contribution in [0.15, 0.2) is 18.2 Å². The molecule has 17 heavy (non-hydrogen) atoms. The Balaban J connectivity index is 2.32. The van der Waals surface area contributed by atoms with Crippen LogP contribution in [0, 0.1) is 19.8 Å². The molecule has 90 valence electrons. The first-order valence-corrected chi connectivity index (χ1v) is 5.60. The van der Waals surface area contributed by atoms with Gasteiger partial charge in [0.05, 0.1) is 5.92 Å². The molecule has 1 heterocycles. The maximum absolute atomic E-state index is 11.8. The van der Waals surface area contributed by atoms with Crippen LogP contribution >= 0.6 is 0 Å². The zero-order valence-electron chi connectivity index (χ0n) is 9.93. The number of aliphatic carboxylic acids is 1. The average molecular weight is 233 g/mol. The van der Waals surface area contributed by atoms with E-state index in [9.17, 15) is 9.59 Å².